The fourth-order valence-corrected chi connectivity index (χ4v) is 1.68. The van der Waals surface area contributed by atoms with Crippen LogP contribution >= 0.6 is 0 Å². The molecule has 0 fully saturated rings. The van der Waals surface area contributed by atoms with Gasteiger partial charge in [0.05, 0.1) is 6.61 Å². The summed E-state index contributed by atoms with van der Waals surface area (Å²) in [5.74, 6) is -0.469. The molecule has 0 aliphatic carbocycles. The molecule has 3 amide bonds. The van der Waals surface area contributed by atoms with Gasteiger partial charge in [0.2, 0.25) is 5.91 Å². The molecule has 1 aromatic rings. The van der Waals surface area contributed by atoms with E-state index in [-0.39, 0.29) is 18.4 Å². The van der Waals surface area contributed by atoms with Gasteiger partial charge in [-0.2, -0.15) is 0 Å². The third kappa shape index (κ3) is 4.26. The number of primary amides is 1. The summed E-state index contributed by atoms with van der Waals surface area (Å²) in [4.78, 5) is 23.0. The average molecular weight is 265 g/mol. The van der Waals surface area contributed by atoms with Crippen molar-refractivity contribution in [2.45, 2.75) is 26.5 Å². The molecule has 6 heteroatoms. The Morgan fingerprint density at radius 3 is 2.47 bits per heavy atom. The smallest absolute Gasteiger partial charge is 0.312 e. The van der Waals surface area contributed by atoms with Crippen molar-refractivity contribution < 1.29 is 14.7 Å². The van der Waals surface area contributed by atoms with Gasteiger partial charge in [0.15, 0.2) is 0 Å². The van der Waals surface area contributed by atoms with Crippen molar-refractivity contribution in [2.24, 2.45) is 11.7 Å². The number of carbonyl (C=O) groups is 2. The van der Waals surface area contributed by atoms with Crippen LogP contribution in [0.5, 0.6) is 0 Å². The van der Waals surface area contributed by atoms with Crippen molar-refractivity contribution in [3.05, 3.63) is 29.8 Å². The number of aliphatic hydroxyl groups excluding tert-OH is 1. The summed E-state index contributed by atoms with van der Waals surface area (Å²) >= 11 is 0. The van der Waals surface area contributed by atoms with Crippen molar-refractivity contribution in [1.82, 2.24) is 5.32 Å². The minimum Gasteiger partial charge on any atom is -0.392 e. The van der Waals surface area contributed by atoms with Crippen LogP contribution in [0, 0.1) is 5.92 Å². The number of amides is 3. The molecule has 0 aliphatic heterocycles. The van der Waals surface area contributed by atoms with Gasteiger partial charge >= 0.3 is 6.03 Å². The van der Waals surface area contributed by atoms with Crippen LogP contribution in [0.3, 0.4) is 0 Å². The van der Waals surface area contributed by atoms with Gasteiger partial charge < -0.3 is 21.5 Å². The number of hydrogen-bond acceptors (Lipinski definition) is 3. The largest absolute Gasteiger partial charge is 0.392 e. The highest BCUT2D eigenvalue weighted by atomic mass is 16.3. The van der Waals surface area contributed by atoms with E-state index >= 15 is 0 Å². The first-order valence-electron chi connectivity index (χ1n) is 6.01. The van der Waals surface area contributed by atoms with Crippen LogP contribution in [-0.2, 0) is 11.4 Å². The molecule has 0 spiro atoms. The predicted molar refractivity (Wildman–Crippen MR) is 72.3 cm³/mol. The van der Waals surface area contributed by atoms with Gasteiger partial charge in [-0.15, -0.1) is 0 Å². The Bertz CT molecular complexity index is 460. The molecule has 1 rings (SSSR count). The highest BCUT2D eigenvalue weighted by molar-refractivity contribution is 5.97. The SMILES string of the molecule is CC(C)C(NC(N)=O)C(=O)Nc1ccccc1CO. The molecule has 0 saturated carbocycles. The van der Waals surface area contributed by atoms with Crippen molar-refractivity contribution >= 4 is 17.6 Å². The van der Waals surface area contributed by atoms with Gasteiger partial charge in [-0.3, -0.25) is 4.79 Å². The molecule has 19 heavy (non-hydrogen) atoms. The summed E-state index contributed by atoms with van der Waals surface area (Å²) in [5, 5.41) is 14.3. The Balaban J connectivity index is 2.84. The summed E-state index contributed by atoms with van der Waals surface area (Å²) in [6, 6.07) is 5.45. The van der Waals surface area contributed by atoms with Crippen molar-refractivity contribution in [3.8, 4) is 0 Å². The fourth-order valence-electron chi connectivity index (χ4n) is 1.68. The number of urea groups is 1. The highest BCUT2D eigenvalue weighted by Crippen LogP contribution is 2.16. The third-order valence-corrected chi connectivity index (χ3v) is 2.69. The molecule has 1 atom stereocenters. The standard InChI is InChI=1S/C13H19N3O3/c1-8(2)11(16-13(14)19)12(18)15-10-6-4-3-5-9(10)7-17/h3-6,8,11,17H,7H2,1-2H3,(H,15,18)(H3,14,16,19). The first-order valence-corrected chi connectivity index (χ1v) is 6.01. The van der Waals surface area contributed by atoms with E-state index in [1.54, 1.807) is 38.1 Å². The van der Waals surface area contributed by atoms with E-state index in [1.807, 2.05) is 0 Å². The Kier molecular flexibility index (Phi) is 5.32. The number of benzene rings is 1. The van der Waals surface area contributed by atoms with E-state index < -0.39 is 12.1 Å². The Morgan fingerprint density at radius 1 is 1.32 bits per heavy atom. The van der Waals surface area contributed by atoms with Crippen LogP contribution in [-0.4, -0.2) is 23.1 Å². The molecule has 1 aromatic carbocycles. The summed E-state index contributed by atoms with van der Waals surface area (Å²) in [5.41, 5.74) is 6.18. The molecule has 0 aliphatic rings. The molecule has 5 N–H and O–H groups in total. The van der Waals surface area contributed by atoms with Crippen LogP contribution in [0.25, 0.3) is 0 Å². The summed E-state index contributed by atoms with van der Waals surface area (Å²) in [7, 11) is 0. The number of para-hydroxylation sites is 1. The Morgan fingerprint density at radius 2 is 1.95 bits per heavy atom. The van der Waals surface area contributed by atoms with Crippen molar-refractivity contribution in [3.63, 3.8) is 0 Å². The maximum Gasteiger partial charge on any atom is 0.312 e. The lowest BCUT2D eigenvalue weighted by molar-refractivity contribution is -0.118. The third-order valence-electron chi connectivity index (χ3n) is 2.69. The summed E-state index contributed by atoms with van der Waals surface area (Å²) in [6.07, 6.45) is 0. The fraction of sp³-hybridized carbons (Fsp3) is 0.385. The molecule has 0 radical (unpaired) electrons. The lowest BCUT2D eigenvalue weighted by Gasteiger charge is -2.21. The molecule has 0 bridgehead atoms. The zero-order valence-corrected chi connectivity index (χ0v) is 11.0. The first-order chi connectivity index (χ1) is 8.95. The van der Waals surface area contributed by atoms with Crippen molar-refractivity contribution in [2.75, 3.05) is 5.32 Å². The maximum atomic E-state index is 12.1. The molecule has 6 nitrogen and oxygen atoms in total. The van der Waals surface area contributed by atoms with E-state index in [2.05, 4.69) is 10.6 Å². The zero-order valence-electron chi connectivity index (χ0n) is 11.0. The molecule has 1 unspecified atom stereocenters. The van der Waals surface area contributed by atoms with Crippen LogP contribution in [0.15, 0.2) is 24.3 Å². The van der Waals surface area contributed by atoms with Gasteiger partial charge in [0.25, 0.3) is 0 Å². The number of nitrogens with one attached hydrogen (secondary N) is 2. The van der Waals surface area contributed by atoms with Crippen molar-refractivity contribution in [1.29, 1.82) is 0 Å². The van der Waals surface area contributed by atoms with Gasteiger partial charge in [0.1, 0.15) is 6.04 Å². The number of anilines is 1. The quantitative estimate of drug-likeness (QED) is 0.633. The van der Waals surface area contributed by atoms with Crippen LogP contribution in [0.2, 0.25) is 0 Å². The Labute approximate surface area is 112 Å². The zero-order chi connectivity index (χ0) is 14.4. The molecule has 0 saturated heterocycles. The molecular weight excluding hydrogens is 246 g/mol. The highest BCUT2D eigenvalue weighted by Gasteiger charge is 2.23. The second-order valence-electron chi connectivity index (χ2n) is 4.53. The first kappa shape index (κ1) is 15.0. The number of carbonyl (C=O) groups excluding carboxylic acids is 2. The minimum atomic E-state index is -0.746. The van der Waals surface area contributed by atoms with E-state index in [1.165, 1.54) is 0 Å². The second-order valence-corrected chi connectivity index (χ2v) is 4.53. The van der Waals surface area contributed by atoms with Crippen LogP contribution in [0.1, 0.15) is 19.4 Å². The topological polar surface area (TPSA) is 104 Å². The second kappa shape index (κ2) is 6.75. The van der Waals surface area contributed by atoms with Crippen LogP contribution in [0.4, 0.5) is 10.5 Å². The van der Waals surface area contributed by atoms with Crippen LogP contribution < -0.4 is 16.4 Å². The van der Waals surface area contributed by atoms with E-state index in [0.29, 0.717) is 11.3 Å². The van der Waals surface area contributed by atoms with Gasteiger partial charge in [-0.1, -0.05) is 32.0 Å². The number of rotatable bonds is 5. The number of hydrogen-bond donors (Lipinski definition) is 4. The normalized spacial score (nSPS) is 12.0. The van der Waals surface area contributed by atoms with Gasteiger partial charge in [-0.25, -0.2) is 4.79 Å². The molecule has 0 heterocycles. The van der Waals surface area contributed by atoms with E-state index in [9.17, 15) is 14.7 Å². The molecule has 0 aromatic heterocycles. The monoisotopic (exact) mass is 265 g/mol. The summed E-state index contributed by atoms with van der Waals surface area (Å²) in [6.45, 7) is 3.43. The lowest BCUT2D eigenvalue weighted by atomic mass is 10.0. The minimum absolute atomic E-state index is 0.103. The van der Waals surface area contributed by atoms with Gasteiger partial charge in [0, 0.05) is 11.3 Å². The summed E-state index contributed by atoms with van der Waals surface area (Å²) < 4.78 is 0. The molecule has 104 valence electrons. The average Bonchev–Trinajstić information content (AvgIpc) is 2.36. The Hall–Kier alpha value is -2.08. The predicted octanol–water partition coefficient (Wildman–Crippen LogP) is 0.810. The maximum absolute atomic E-state index is 12.1. The molecular formula is C13H19N3O3. The van der Waals surface area contributed by atoms with E-state index in [4.69, 9.17) is 5.73 Å². The lowest BCUT2D eigenvalue weighted by Crippen LogP contribution is -2.49. The number of nitrogens with two attached hydrogens (primary N) is 1. The number of aliphatic hydroxyl groups is 1. The van der Waals surface area contributed by atoms with Gasteiger partial charge in [-0.05, 0) is 12.0 Å². The van der Waals surface area contributed by atoms with E-state index in [0.717, 1.165) is 0 Å².